The highest BCUT2D eigenvalue weighted by Crippen LogP contribution is 2.21. The third kappa shape index (κ3) is 3.70. The standard InChI is InChI=1S/C16H22BrN3/c1-3-20-15(8-12(2)19-20)10-13(11-18)9-14-6-4-5-7-16(14)17/h4-8,13H,3,9-11,18H2,1-2H3. The fourth-order valence-corrected chi connectivity index (χ4v) is 2.99. The fourth-order valence-electron chi connectivity index (χ4n) is 2.55. The van der Waals surface area contributed by atoms with Crippen molar-refractivity contribution in [2.45, 2.75) is 33.2 Å². The topological polar surface area (TPSA) is 43.8 Å². The van der Waals surface area contributed by atoms with Gasteiger partial charge in [-0.3, -0.25) is 4.68 Å². The molecule has 108 valence electrons. The van der Waals surface area contributed by atoms with Crippen molar-refractivity contribution in [1.82, 2.24) is 9.78 Å². The fraction of sp³-hybridized carbons (Fsp3) is 0.438. The van der Waals surface area contributed by atoms with Gasteiger partial charge < -0.3 is 5.73 Å². The van der Waals surface area contributed by atoms with Gasteiger partial charge in [0.1, 0.15) is 0 Å². The van der Waals surface area contributed by atoms with Crippen LogP contribution in [0.3, 0.4) is 0 Å². The zero-order valence-corrected chi connectivity index (χ0v) is 13.7. The Labute approximate surface area is 129 Å². The maximum atomic E-state index is 5.97. The minimum atomic E-state index is 0.440. The zero-order chi connectivity index (χ0) is 14.5. The summed E-state index contributed by atoms with van der Waals surface area (Å²) in [5.41, 5.74) is 9.66. The molecular formula is C16H22BrN3. The first-order valence-corrected chi connectivity index (χ1v) is 7.90. The lowest BCUT2D eigenvalue weighted by Crippen LogP contribution is -2.21. The Kier molecular flexibility index (Phi) is 5.38. The zero-order valence-electron chi connectivity index (χ0n) is 12.1. The number of halogens is 1. The van der Waals surface area contributed by atoms with E-state index in [1.165, 1.54) is 15.7 Å². The van der Waals surface area contributed by atoms with Crippen LogP contribution in [0.15, 0.2) is 34.8 Å². The first kappa shape index (κ1) is 15.3. The van der Waals surface area contributed by atoms with Crippen molar-refractivity contribution in [3.8, 4) is 0 Å². The van der Waals surface area contributed by atoms with Gasteiger partial charge in [-0.2, -0.15) is 5.10 Å². The molecule has 2 N–H and O–H groups in total. The van der Waals surface area contributed by atoms with Crippen LogP contribution in [-0.4, -0.2) is 16.3 Å². The molecule has 0 aliphatic carbocycles. The summed E-state index contributed by atoms with van der Waals surface area (Å²) in [6.45, 7) is 5.77. The predicted octanol–water partition coefficient (Wildman–Crippen LogP) is 3.33. The van der Waals surface area contributed by atoms with Gasteiger partial charge in [0.15, 0.2) is 0 Å². The minimum Gasteiger partial charge on any atom is -0.330 e. The third-order valence-corrected chi connectivity index (χ3v) is 4.36. The maximum absolute atomic E-state index is 5.97. The van der Waals surface area contributed by atoms with Gasteiger partial charge in [-0.25, -0.2) is 0 Å². The molecule has 0 spiro atoms. The molecule has 0 saturated heterocycles. The molecule has 1 unspecified atom stereocenters. The van der Waals surface area contributed by atoms with Gasteiger partial charge >= 0.3 is 0 Å². The van der Waals surface area contributed by atoms with Crippen molar-refractivity contribution in [3.05, 3.63) is 51.8 Å². The van der Waals surface area contributed by atoms with E-state index < -0.39 is 0 Å². The summed E-state index contributed by atoms with van der Waals surface area (Å²) in [5, 5.41) is 4.51. The van der Waals surface area contributed by atoms with E-state index in [9.17, 15) is 0 Å². The molecule has 0 amide bonds. The summed E-state index contributed by atoms with van der Waals surface area (Å²) in [4.78, 5) is 0. The molecule has 1 aromatic carbocycles. The largest absolute Gasteiger partial charge is 0.330 e. The minimum absolute atomic E-state index is 0.440. The molecule has 4 heteroatoms. The second-order valence-corrected chi connectivity index (χ2v) is 6.05. The molecule has 3 nitrogen and oxygen atoms in total. The van der Waals surface area contributed by atoms with Crippen LogP contribution >= 0.6 is 15.9 Å². The highest BCUT2D eigenvalue weighted by atomic mass is 79.9. The molecule has 0 radical (unpaired) electrons. The molecule has 0 aliphatic rings. The van der Waals surface area contributed by atoms with Crippen molar-refractivity contribution in [2.75, 3.05) is 6.54 Å². The monoisotopic (exact) mass is 335 g/mol. The molecule has 1 heterocycles. The summed E-state index contributed by atoms with van der Waals surface area (Å²) < 4.78 is 3.25. The first-order chi connectivity index (χ1) is 9.63. The number of nitrogens with two attached hydrogens (primary N) is 1. The molecule has 0 aliphatic heterocycles. The van der Waals surface area contributed by atoms with Crippen LogP contribution < -0.4 is 5.73 Å². The van der Waals surface area contributed by atoms with Gasteiger partial charge in [-0.1, -0.05) is 34.1 Å². The molecule has 1 atom stereocenters. The van der Waals surface area contributed by atoms with Gasteiger partial charge in [0.25, 0.3) is 0 Å². The number of hydrogen-bond acceptors (Lipinski definition) is 2. The highest BCUT2D eigenvalue weighted by Gasteiger charge is 2.14. The van der Waals surface area contributed by atoms with Crippen molar-refractivity contribution in [1.29, 1.82) is 0 Å². The summed E-state index contributed by atoms with van der Waals surface area (Å²) >= 11 is 3.61. The molecular weight excluding hydrogens is 314 g/mol. The molecule has 0 saturated carbocycles. The third-order valence-electron chi connectivity index (χ3n) is 3.58. The van der Waals surface area contributed by atoms with Gasteiger partial charge in [-0.05, 0) is 56.8 Å². The second-order valence-electron chi connectivity index (χ2n) is 5.19. The predicted molar refractivity (Wildman–Crippen MR) is 86.7 cm³/mol. The number of nitrogens with zero attached hydrogens (tertiary/aromatic N) is 2. The van der Waals surface area contributed by atoms with E-state index in [2.05, 4.69) is 56.9 Å². The number of hydrogen-bond donors (Lipinski definition) is 1. The van der Waals surface area contributed by atoms with Crippen LogP contribution in [0, 0.1) is 12.8 Å². The molecule has 20 heavy (non-hydrogen) atoms. The van der Waals surface area contributed by atoms with E-state index in [-0.39, 0.29) is 0 Å². The quantitative estimate of drug-likeness (QED) is 0.879. The number of aryl methyl sites for hydroxylation is 2. The second kappa shape index (κ2) is 7.04. The van der Waals surface area contributed by atoms with E-state index in [0.29, 0.717) is 12.5 Å². The van der Waals surface area contributed by atoms with E-state index in [1.807, 2.05) is 13.0 Å². The van der Waals surface area contributed by atoms with Crippen molar-refractivity contribution >= 4 is 15.9 Å². The molecule has 2 aromatic rings. The van der Waals surface area contributed by atoms with E-state index >= 15 is 0 Å². The van der Waals surface area contributed by atoms with Gasteiger partial charge in [0.2, 0.25) is 0 Å². The van der Waals surface area contributed by atoms with Gasteiger partial charge in [0.05, 0.1) is 5.69 Å². The lowest BCUT2D eigenvalue weighted by Gasteiger charge is -2.16. The average Bonchev–Trinajstić information content (AvgIpc) is 2.80. The van der Waals surface area contributed by atoms with Gasteiger partial charge in [0, 0.05) is 16.7 Å². The summed E-state index contributed by atoms with van der Waals surface area (Å²) in [5.74, 6) is 0.440. The lowest BCUT2D eigenvalue weighted by molar-refractivity contribution is 0.498. The molecule has 0 bridgehead atoms. The Morgan fingerprint density at radius 2 is 2.05 bits per heavy atom. The Morgan fingerprint density at radius 3 is 2.70 bits per heavy atom. The maximum Gasteiger partial charge on any atom is 0.0596 e. The Bertz CT molecular complexity index is 563. The number of rotatable bonds is 6. The Hall–Kier alpha value is -1.13. The highest BCUT2D eigenvalue weighted by molar-refractivity contribution is 9.10. The normalized spacial score (nSPS) is 12.6. The van der Waals surface area contributed by atoms with Crippen molar-refractivity contribution < 1.29 is 0 Å². The molecule has 0 fully saturated rings. The SMILES string of the molecule is CCn1nc(C)cc1CC(CN)Cc1ccccc1Br. The Balaban J connectivity index is 2.11. The van der Waals surface area contributed by atoms with Crippen LogP contribution in [0.25, 0.3) is 0 Å². The smallest absolute Gasteiger partial charge is 0.0596 e. The van der Waals surface area contributed by atoms with E-state index in [0.717, 1.165) is 25.1 Å². The van der Waals surface area contributed by atoms with Crippen LogP contribution in [0.4, 0.5) is 0 Å². The first-order valence-electron chi connectivity index (χ1n) is 7.10. The average molecular weight is 336 g/mol. The number of benzene rings is 1. The summed E-state index contributed by atoms with van der Waals surface area (Å²) in [7, 11) is 0. The summed E-state index contributed by atoms with van der Waals surface area (Å²) in [6, 6.07) is 10.5. The Morgan fingerprint density at radius 1 is 1.30 bits per heavy atom. The molecule has 1 aromatic heterocycles. The van der Waals surface area contributed by atoms with Crippen LogP contribution in [0.2, 0.25) is 0 Å². The van der Waals surface area contributed by atoms with Gasteiger partial charge in [-0.15, -0.1) is 0 Å². The van der Waals surface area contributed by atoms with E-state index in [1.54, 1.807) is 0 Å². The summed E-state index contributed by atoms with van der Waals surface area (Å²) in [6.07, 6.45) is 1.97. The van der Waals surface area contributed by atoms with Crippen molar-refractivity contribution in [3.63, 3.8) is 0 Å². The van der Waals surface area contributed by atoms with Crippen LogP contribution in [-0.2, 0) is 19.4 Å². The lowest BCUT2D eigenvalue weighted by atomic mass is 9.94. The van der Waals surface area contributed by atoms with Crippen LogP contribution in [0.1, 0.15) is 23.9 Å². The van der Waals surface area contributed by atoms with E-state index in [4.69, 9.17) is 5.73 Å². The van der Waals surface area contributed by atoms with Crippen LogP contribution in [0.5, 0.6) is 0 Å². The number of aromatic nitrogens is 2. The van der Waals surface area contributed by atoms with Crippen molar-refractivity contribution in [2.24, 2.45) is 11.7 Å². The molecule has 2 rings (SSSR count).